The summed E-state index contributed by atoms with van der Waals surface area (Å²) in [6.45, 7) is 5.24. The van der Waals surface area contributed by atoms with Gasteiger partial charge in [-0.2, -0.15) is 0 Å². The van der Waals surface area contributed by atoms with Crippen LogP contribution < -0.4 is 16.0 Å². The van der Waals surface area contributed by atoms with Gasteiger partial charge in [0, 0.05) is 25.3 Å². The molecule has 3 heterocycles. The molecule has 0 saturated carbocycles. The molecule has 2 aromatic heterocycles. The summed E-state index contributed by atoms with van der Waals surface area (Å²) in [6.07, 6.45) is 2.35. The fourth-order valence-corrected chi connectivity index (χ4v) is 5.04. The van der Waals surface area contributed by atoms with Crippen molar-refractivity contribution in [3.63, 3.8) is 0 Å². The van der Waals surface area contributed by atoms with Crippen molar-refractivity contribution >= 4 is 38.8 Å². The zero-order valence-electron chi connectivity index (χ0n) is 18.3. The van der Waals surface area contributed by atoms with E-state index in [4.69, 9.17) is 10.7 Å². The summed E-state index contributed by atoms with van der Waals surface area (Å²) in [7, 11) is 0. The average Bonchev–Trinajstić information content (AvgIpc) is 3.38. The topological polar surface area (TPSA) is 97.0 Å². The van der Waals surface area contributed by atoms with E-state index >= 15 is 0 Å². The van der Waals surface area contributed by atoms with Crippen LogP contribution in [0.5, 0.6) is 0 Å². The molecule has 4 aromatic rings. The van der Waals surface area contributed by atoms with Crippen molar-refractivity contribution in [3.8, 4) is 11.4 Å². The Hall–Kier alpha value is -3.43. The number of carbonyl (C=O) groups is 1. The molecule has 7 nitrogen and oxygen atoms in total. The maximum absolute atomic E-state index is 14.4. The third kappa shape index (κ3) is 4.05. The van der Waals surface area contributed by atoms with Crippen molar-refractivity contribution in [2.24, 2.45) is 5.73 Å². The summed E-state index contributed by atoms with van der Waals surface area (Å²) < 4.78 is 15.5. The number of amides is 1. The first-order valence-electron chi connectivity index (χ1n) is 10.7. The van der Waals surface area contributed by atoms with Gasteiger partial charge in [-0.1, -0.05) is 12.1 Å². The van der Waals surface area contributed by atoms with Gasteiger partial charge in [0.25, 0.3) is 5.91 Å². The van der Waals surface area contributed by atoms with Gasteiger partial charge in [-0.15, -0.1) is 11.3 Å². The van der Waals surface area contributed by atoms with Crippen LogP contribution in [0.1, 0.15) is 27.5 Å². The van der Waals surface area contributed by atoms with E-state index in [1.165, 1.54) is 18.3 Å². The number of nitrogens with two attached hydrogens (primary N) is 1. The molecule has 1 amide bonds. The highest BCUT2D eigenvalue weighted by molar-refractivity contribution is 7.18. The summed E-state index contributed by atoms with van der Waals surface area (Å²) in [4.78, 5) is 28.6. The molecule has 3 N–H and O–H groups in total. The largest absolute Gasteiger partial charge is 0.366 e. The van der Waals surface area contributed by atoms with Gasteiger partial charge < -0.3 is 16.0 Å². The van der Waals surface area contributed by atoms with Gasteiger partial charge >= 0.3 is 0 Å². The summed E-state index contributed by atoms with van der Waals surface area (Å²) in [5.41, 5.74) is 9.67. The Bertz CT molecular complexity index is 1350. The Balaban J connectivity index is 1.51. The smallest absolute Gasteiger partial charge is 0.274 e. The Kier molecular flexibility index (Phi) is 5.51. The molecular formula is C24H23FN6OS. The van der Waals surface area contributed by atoms with E-state index in [2.05, 4.69) is 20.2 Å². The van der Waals surface area contributed by atoms with Crippen LogP contribution in [0.2, 0.25) is 0 Å². The Morgan fingerprint density at radius 3 is 2.82 bits per heavy atom. The fraction of sp³-hybridized carbons (Fsp3) is 0.250. The van der Waals surface area contributed by atoms with Crippen LogP contribution in [0.3, 0.4) is 0 Å². The summed E-state index contributed by atoms with van der Waals surface area (Å²) in [5.74, 6) is -0.650. The fourth-order valence-electron chi connectivity index (χ4n) is 4.21. The van der Waals surface area contributed by atoms with Crippen LogP contribution in [0.4, 0.5) is 15.8 Å². The molecule has 9 heteroatoms. The highest BCUT2D eigenvalue weighted by atomic mass is 32.1. The number of thiazole rings is 1. The molecule has 1 aliphatic rings. The van der Waals surface area contributed by atoms with Crippen LogP contribution in [-0.4, -0.2) is 40.0 Å². The van der Waals surface area contributed by atoms with Crippen molar-refractivity contribution in [2.45, 2.75) is 26.3 Å². The number of benzene rings is 2. The van der Waals surface area contributed by atoms with Crippen molar-refractivity contribution in [2.75, 3.05) is 23.3 Å². The van der Waals surface area contributed by atoms with E-state index in [0.717, 1.165) is 33.9 Å². The lowest BCUT2D eigenvalue weighted by Gasteiger charge is -2.22. The second kappa shape index (κ2) is 8.49. The quantitative estimate of drug-likeness (QED) is 0.469. The molecule has 0 radical (unpaired) electrons. The van der Waals surface area contributed by atoms with Crippen LogP contribution in [0.15, 0.2) is 42.6 Å². The predicted molar refractivity (Wildman–Crippen MR) is 129 cm³/mol. The first kappa shape index (κ1) is 21.4. The number of aromatic nitrogens is 3. The van der Waals surface area contributed by atoms with E-state index in [-0.39, 0.29) is 17.6 Å². The lowest BCUT2D eigenvalue weighted by molar-refractivity contribution is 0.102. The minimum Gasteiger partial charge on any atom is -0.366 e. The third-order valence-electron chi connectivity index (χ3n) is 5.76. The molecule has 1 fully saturated rings. The Morgan fingerprint density at radius 1 is 1.21 bits per heavy atom. The molecule has 1 atom stereocenters. The van der Waals surface area contributed by atoms with Crippen molar-refractivity contribution in [3.05, 3.63) is 64.7 Å². The highest BCUT2D eigenvalue weighted by Gasteiger charge is 2.26. The molecule has 1 aliphatic heterocycles. The van der Waals surface area contributed by atoms with E-state index in [0.29, 0.717) is 23.4 Å². The lowest BCUT2D eigenvalue weighted by atomic mass is 10.1. The minimum absolute atomic E-state index is 0.0805. The van der Waals surface area contributed by atoms with Gasteiger partial charge in [0.2, 0.25) is 0 Å². The van der Waals surface area contributed by atoms with Crippen molar-refractivity contribution < 1.29 is 9.18 Å². The molecule has 33 heavy (non-hydrogen) atoms. The van der Waals surface area contributed by atoms with Gasteiger partial charge in [0.05, 0.1) is 26.6 Å². The van der Waals surface area contributed by atoms with Gasteiger partial charge in [-0.3, -0.25) is 4.79 Å². The SMILES string of the molecule is Cc1nc2c(N3CC[C@@H](N)C3)c(NC(=O)c3ccnc(-c4c(C)cccc4F)n3)ccc2s1. The Morgan fingerprint density at radius 2 is 2.06 bits per heavy atom. The monoisotopic (exact) mass is 462 g/mol. The van der Waals surface area contributed by atoms with E-state index in [1.807, 2.05) is 19.1 Å². The number of nitrogens with one attached hydrogen (secondary N) is 1. The molecule has 2 aromatic carbocycles. The van der Waals surface area contributed by atoms with Crippen LogP contribution >= 0.6 is 11.3 Å². The normalized spacial score (nSPS) is 15.9. The zero-order chi connectivity index (χ0) is 23.1. The predicted octanol–water partition coefficient (Wildman–Crippen LogP) is 4.30. The number of hydrogen-bond acceptors (Lipinski definition) is 7. The second-order valence-corrected chi connectivity index (χ2v) is 9.42. The van der Waals surface area contributed by atoms with E-state index < -0.39 is 11.7 Å². The van der Waals surface area contributed by atoms with Crippen LogP contribution in [0.25, 0.3) is 21.6 Å². The average molecular weight is 463 g/mol. The van der Waals surface area contributed by atoms with Crippen LogP contribution in [0, 0.1) is 19.7 Å². The molecule has 1 saturated heterocycles. The maximum atomic E-state index is 14.4. The first-order chi connectivity index (χ1) is 15.9. The molecular weight excluding hydrogens is 439 g/mol. The number of hydrogen-bond donors (Lipinski definition) is 2. The van der Waals surface area contributed by atoms with E-state index in [1.54, 1.807) is 30.4 Å². The third-order valence-corrected chi connectivity index (χ3v) is 6.70. The molecule has 0 bridgehead atoms. The standard InChI is InChI=1S/C24H23FN6OS/c1-13-4-3-5-16(25)20(13)23-27-10-8-18(29-23)24(32)30-17-6-7-19-21(28-14(2)33-19)22(17)31-11-9-15(26)12-31/h3-8,10,15H,9,11-12,26H2,1-2H3,(H,30,32)/t15-/m1/s1. The number of carbonyl (C=O) groups excluding carboxylic acids is 1. The number of halogens is 1. The van der Waals surface area contributed by atoms with Gasteiger partial charge in [-0.05, 0) is 50.1 Å². The van der Waals surface area contributed by atoms with Gasteiger partial charge in [0.1, 0.15) is 17.0 Å². The number of fused-ring (bicyclic) bond motifs is 1. The number of nitrogens with zero attached hydrogens (tertiary/aromatic N) is 4. The van der Waals surface area contributed by atoms with Crippen molar-refractivity contribution in [1.82, 2.24) is 15.0 Å². The Labute approximate surface area is 194 Å². The molecule has 0 spiro atoms. The van der Waals surface area contributed by atoms with Crippen molar-refractivity contribution in [1.29, 1.82) is 0 Å². The van der Waals surface area contributed by atoms with Crippen LogP contribution in [-0.2, 0) is 0 Å². The highest BCUT2D eigenvalue weighted by Crippen LogP contribution is 2.38. The lowest BCUT2D eigenvalue weighted by Crippen LogP contribution is -2.27. The summed E-state index contributed by atoms with van der Waals surface area (Å²) in [5, 5.41) is 3.94. The number of aryl methyl sites for hydroxylation is 2. The maximum Gasteiger partial charge on any atom is 0.274 e. The number of anilines is 2. The number of rotatable bonds is 4. The molecule has 0 unspecified atom stereocenters. The molecule has 0 aliphatic carbocycles. The molecule has 5 rings (SSSR count). The minimum atomic E-state index is -0.426. The molecule has 168 valence electrons. The zero-order valence-corrected chi connectivity index (χ0v) is 19.1. The van der Waals surface area contributed by atoms with Gasteiger partial charge in [-0.25, -0.2) is 19.3 Å². The second-order valence-electron chi connectivity index (χ2n) is 8.19. The summed E-state index contributed by atoms with van der Waals surface area (Å²) in [6, 6.07) is 10.2. The first-order valence-corrected chi connectivity index (χ1v) is 11.5. The van der Waals surface area contributed by atoms with E-state index in [9.17, 15) is 9.18 Å². The summed E-state index contributed by atoms with van der Waals surface area (Å²) >= 11 is 1.61. The van der Waals surface area contributed by atoms with Gasteiger partial charge in [0.15, 0.2) is 5.82 Å².